The lowest BCUT2D eigenvalue weighted by atomic mass is 10.2. The normalized spacial score (nSPS) is 10.5. The summed E-state index contributed by atoms with van der Waals surface area (Å²) in [5.41, 5.74) is 2.47. The van der Waals surface area contributed by atoms with Gasteiger partial charge in [0.25, 0.3) is 0 Å². The van der Waals surface area contributed by atoms with E-state index in [1.54, 1.807) is 6.20 Å². The molecule has 2 aromatic heterocycles. The second kappa shape index (κ2) is 8.19. The maximum Gasteiger partial charge on any atom is 0.247 e. The van der Waals surface area contributed by atoms with E-state index in [1.807, 2.05) is 61.7 Å². The molecule has 3 aromatic rings. The molecule has 3 rings (SSSR count). The molecule has 0 aliphatic rings. The van der Waals surface area contributed by atoms with Crippen LogP contribution in [0.25, 0.3) is 0 Å². The molecule has 25 heavy (non-hydrogen) atoms. The van der Waals surface area contributed by atoms with Crippen LogP contribution in [0, 0.1) is 0 Å². The Hall–Kier alpha value is -3.02. The van der Waals surface area contributed by atoms with E-state index in [-0.39, 0.29) is 0 Å². The van der Waals surface area contributed by atoms with Gasteiger partial charge in [-0.25, -0.2) is 0 Å². The summed E-state index contributed by atoms with van der Waals surface area (Å²) in [6.07, 6.45) is 6.26. The van der Waals surface area contributed by atoms with Gasteiger partial charge in [0.15, 0.2) is 5.82 Å². The van der Waals surface area contributed by atoms with Crippen LogP contribution in [0.2, 0.25) is 0 Å². The molecule has 2 heterocycles. The van der Waals surface area contributed by atoms with E-state index in [0.29, 0.717) is 5.95 Å². The fourth-order valence-corrected chi connectivity index (χ4v) is 2.52. The number of aromatic nitrogens is 4. The van der Waals surface area contributed by atoms with E-state index in [9.17, 15) is 0 Å². The number of nitrogens with zero attached hydrogens (tertiary/aromatic N) is 6. The lowest BCUT2D eigenvalue weighted by Gasteiger charge is -2.21. The maximum atomic E-state index is 4.65. The van der Waals surface area contributed by atoms with Crippen molar-refractivity contribution in [1.82, 2.24) is 20.2 Å². The molecule has 0 unspecified atom stereocenters. The lowest BCUT2D eigenvalue weighted by molar-refractivity contribution is 0.799. The van der Waals surface area contributed by atoms with Crippen LogP contribution in [0.1, 0.15) is 11.1 Å². The average molecular weight is 334 g/mol. The molecule has 0 saturated carbocycles. The highest BCUT2D eigenvalue weighted by Gasteiger charge is 2.10. The molecule has 128 valence electrons. The minimum absolute atomic E-state index is 0.622. The summed E-state index contributed by atoms with van der Waals surface area (Å²) in [4.78, 5) is 12.8. The van der Waals surface area contributed by atoms with Crippen molar-refractivity contribution in [2.75, 3.05) is 30.4 Å². The SMILES string of the molecule is CN(CCc1ccncc1)c1cnnc(N(C)Cc2ccccc2)n1. The third kappa shape index (κ3) is 4.73. The molecule has 0 amide bonds. The number of hydrogen-bond donors (Lipinski definition) is 0. The van der Waals surface area contributed by atoms with Gasteiger partial charge in [0.05, 0.1) is 6.20 Å². The first kappa shape index (κ1) is 16.8. The minimum atomic E-state index is 0.622. The summed E-state index contributed by atoms with van der Waals surface area (Å²) >= 11 is 0. The monoisotopic (exact) mass is 334 g/mol. The van der Waals surface area contributed by atoms with E-state index < -0.39 is 0 Å². The van der Waals surface area contributed by atoms with Crippen molar-refractivity contribution in [1.29, 1.82) is 0 Å². The zero-order chi connectivity index (χ0) is 17.5. The Kier molecular flexibility index (Phi) is 5.51. The summed E-state index contributed by atoms with van der Waals surface area (Å²) in [5.74, 6) is 1.44. The highest BCUT2D eigenvalue weighted by molar-refractivity contribution is 5.41. The third-order valence-electron chi connectivity index (χ3n) is 4.02. The van der Waals surface area contributed by atoms with Crippen LogP contribution in [-0.4, -0.2) is 40.8 Å². The van der Waals surface area contributed by atoms with Crippen molar-refractivity contribution >= 4 is 11.8 Å². The summed E-state index contributed by atoms with van der Waals surface area (Å²) < 4.78 is 0. The maximum absolute atomic E-state index is 4.65. The summed E-state index contributed by atoms with van der Waals surface area (Å²) in [7, 11) is 4.00. The molecule has 0 aliphatic carbocycles. The Morgan fingerprint density at radius 3 is 2.40 bits per heavy atom. The molecule has 0 N–H and O–H groups in total. The molecular weight excluding hydrogens is 312 g/mol. The number of hydrogen-bond acceptors (Lipinski definition) is 6. The summed E-state index contributed by atoms with van der Waals surface area (Å²) in [5, 5.41) is 8.28. The molecule has 0 fully saturated rings. The van der Waals surface area contributed by atoms with E-state index in [4.69, 9.17) is 0 Å². The first-order chi connectivity index (χ1) is 12.2. The van der Waals surface area contributed by atoms with Crippen molar-refractivity contribution in [3.8, 4) is 0 Å². The molecule has 1 aromatic carbocycles. The highest BCUT2D eigenvalue weighted by Crippen LogP contribution is 2.14. The second-order valence-electron chi connectivity index (χ2n) is 5.98. The van der Waals surface area contributed by atoms with E-state index in [2.05, 4.69) is 37.2 Å². The molecule has 0 spiro atoms. The van der Waals surface area contributed by atoms with Gasteiger partial charge >= 0.3 is 0 Å². The largest absolute Gasteiger partial charge is 0.358 e. The third-order valence-corrected chi connectivity index (χ3v) is 4.02. The number of anilines is 2. The van der Waals surface area contributed by atoms with Gasteiger partial charge in [-0.2, -0.15) is 10.1 Å². The van der Waals surface area contributed by atoms with Crippen LogP contribution in [0.3, 0.4) is 0 Å². The Labute approximate surface area is 148 Å². The zero-order valence-corrected chi connectivity index (χ0v) is 14.6. The topological polar surface area (TPSA) is 58.0 Å². The smallest absolute Gasteiger partial charge is 0.247 e. The van der Waals surface area contributed by atoms with Crippen molar-refractivity contribution in [3.63, 3.8) is 0 Å². The van der Waals surface area contributed by atoms with Gasteiger partial charge in [-0.3, -0.25) is 4.98 Å². The summed E-state index contributed by atoms with van der Waals surface area (Å²) in [6, 6.07) is 14.3. The van der Waals surface area contributed by atoms with E-state index >= 15 is 0 Å². The van der Waals surface area contributed by atoms with Gasteiger partial charge < -0.3 is 9.80 Å². The van der Waals surface area contributed by atoms with Crippen LogP contribution >= 0.6 is 0 Å². The molecule has 0 saturated heterocycles. The van der Waals surface area contributed by atoms with Crippen molar-refractivity contribution in [3.05, 3.63) is 72.2 Å². The van der Waals surface area contributed by atoms with Gasteiger partial charge in [0.1, 0.15) is 0 Å². The average Bonchev–Trinajstić information content (AvgIpc) is 2.68. The van der Waals surface area contributed by atoms with Gasteiger partial charge in [-0.15, -0.1) is 5.10 Å². The Bertz CT molecular complexity index is 778. The first-order valence-electron chi connectivity index (χ1n) is 8.27. The quantitative estimate of drug-likeness (QED) is 0.662. The molecule has 6 nitrogen and oxygen atoms in total. The van der Waals surface area contributed by atoms with E-state index in [0.717, 1.165) is 25.3 Å². The van der Waals surface area contributed by atoms with Crippen molar-refractivity contribution in [2.24, 2.45) is 0 Å². The molecule has 0 atom stereocenters. The van der Waals surface area contributed by atoms with Crippen LogP contribution in [0.15, 0.2) is 61.1 Å². The summed E-state index contributed by atoms with van der Waals surface area (Å²) in [6.45, 7) is 1.59. The van der Waals surface area contributed by atoms with Crippen LogP contribution in [0.5, 0.6) is 0 Å². The zero-order valence-electron chi connectivity index (χ0n) is 14.6. The number of benzene rings is 1. The van der Waals surface area contributed by atoms with Gasteiger partial charge in [0, 0.05) is 39.6 Å². The van der Waals surface area contributed by atoms with E-state index in [1.165, 1.54) is 11.1 Å². The van der Waals surface area contributed by atoms with Crippen molar-refractivity contribution < 1.29 is 0 Å². The predicted molar refractivity (Wildman–Crippen MR) is 99.6 cm³/mol. The van der Waals surface area contributed by atoms with Crippen LogP contribution in [0.4, 0.5) is 11.8 Å². The van der Waals surface area contributed by atoms with Crippen LogP contribution < -0.4 is 9.80 Å². The molecular formula is C19H22N6. The molecule has 6 heteroatoms. The number of likely N-dealkylation sites (N-methyl/N-ethyl adjacent to an activating group) is 1. The minimum Gasteiger partial charge on any atom is -0.358 e. The van der Waals surface area contributed by atoms with Gasteiger partial charge in [-0.1, -0.05) is 30.3 Å². The molecule has 0 aliphatic heterocycles. The fourth-order valence-electron chi connectivity index (χ4n) is 2.52. The van der Waals surface area contributed by atoms with Crippen LogP contribution in [-0.2, 0) is 13.0 Å². The highest BCUT2D eigenvalue weighted by atomic mass is 15.3. The fraction of sp³-hybridized carbons (Fsp3) is 0.263. The Morgan fingerprint density at radius 2 is 1.64 bits per heavy atom. The predicted octanol–water partition coefficient (Wildman–Crippen LogP) is 2.58. The first-order valence-corrected chi connectivity index (χ1v) is 8.27. The number of rotatable bonds is 7. The van der Waals surface area contributed by atoms with Gasteiger partial charge in [0.2, 0.25) is 5.95 Å². The molecule has 0 radical (unpaired) electrons. The lowest BCUT2D eigenvalue weighted by Crippen LogP contribution is -2.24. The Balaban J connectivity index is 1.64. The van der Waals surface area contributed by atoms with Gasteiger partial charge in [-0.05, 0) is 29.7 Å². The van der Waals surface area contributed by atoms with Crippen molar-refractivity contribution in [2.45, 2.75) is 13.0 Å². The number of pyridine rings is 1. The molecule has 0 bridgehead atoms. The second-order valence-corrected chi connectivity index (χ2v) is 5.98. The standard InChI is InChI=1S/C19H22N6/c1-24(13-10-16-8-11-20-12-9-16)18-14-21-23-19(22-18)25(2)15-17-6-4-3-5-7-17/h3-9,11-12,14H,10,13,15H2,1-2H3. The Morgan fingerprint density at radius 1 is 0.880 bits per heavy atom.